The first-order valence-electron chi connectivity index (χ1n) is 5.19. The highest BCUT2D eigenvalue weighted by atomic mass is 16.2. The lowest BCUT2D eigenvalue weighted by Gasteiger charge is -2.18. The van der Waals surface area contributed by atoms with Crippen molar-refractivity contribution in [1.29, 1.82) is 0 Å². The van der Waals surface area contributed by atoms with Gasteiger partial charge in [0, 0.05) is 6.20 Å². The zero-order valence-electron chi connectivity index (χ0n) is 8.81. The summed E-state index contributed by atoms with van der Waals surface area (Å²) in [5, 5.41) is 2.82. The van der Waals surface area contributed by atoms with E-state index in [-0.39, 0.29) is 11.9 Å². The maximum absolute atomic E-state index is 11.8. The number of hydrogen-bond acceptors (Lipinski definition) is 3. The van der Waals surface area contributed by atoms with E-state index in [1.54, 1.807) is 12.3 Å². The highest BCUT2D eigenvalue weighted by molar-refractivity contribution is 5.94. The molecule has 1 aromatic rings. The van der Waals surface area contributed by atoms with Crippen LogP contribution in [0.2, 0.25) is 0 Å². The fraction of sp³-hybridized carbons (Fsp3) is 0.455. The van der Waals surface area contributed by atoms with Crippen molar-refractivity contribution in [2.45, 2.75) is 18.9 Å². The fourth-order valence-corrected chi connectivity index (χ4v) is 1.89. The summed E-state index contributed by atoms with van der Waals surface area (Å²) < 4.78 is 0. The maximum atomic E-state index is 11.8. The van der Waals surface area contributed by atoms with Gasteiger partial charge in [-0.3, -0.25) is 9.69 Å². The summed E-state index contributed by atoms with van der Waals surface area (Å²) in [6, 6.07) is 5.50. The van der Waals surface area contributed by atoms with E-state index in [4.69, 9.17) is 0 Å². The molecule has 0 aromatic carbocycles. The Kier molecular flexibility index (Phi) is 2.97. The van der Waals surface area contributed by atoms with E-state index in [1.807, 2.05) is 19.2 Å². The second kappa shape index (κ2) is 4.40. The van der Waals surface area contributed by atoms with Crippen molar-refractivity contribution in [2.24, 2.45) is 0 Å². The molecule has 1 N–H and O–H groups in total. The topological polar surface area (TPSA) is 45.2 Å². The second-order valence-electron chi connectivity index (χ2n) is 3.84. The average Bonchev–Trinajstić information content (AvgIpc) is 2.66. The van der Waals surface area contributed by atoms with Crippen molar-refractivity contribution in [3.05, 3.63) is 24.4 Å². The van der Waals surface area contributed by atoms with Gasteiger partial charge in [-0.25, -0.2) is 4.98 Å². The molecule has 1 aliphatic heterocycles. The van der Waals surface area contributed by atoms with Crippen molar-refractivity contribution < 1.29 is 4.79 Å². The minimum absolute atomic E-state index is 0.00649. The van der Waals surface area contributed by atoms with Crippen LogP contribution in [-0.2, 0) is 4.79 Å². The molecule has 80 valence electrons. The first-order chi connectivity index (χ1) is 7.27. The fourth-order valence-electron chi connectivity index (χ4n) is 1.89. The maximum Gasteiger partial charge on any atom is 0.242 e. The Bertz CT molecular complexity index is 339. The molecule has 2 heterocycles. The molecule has 0 unspecified atom stereocenters. The SMILES string of the molecule is CN1CCC[C@H]1C(=O)Nc1ccccn1. The largest absolute Gasteiger partial charge is 0.309 e. The highest BCUT2D eigenvalue weighted by Gasteiger charge is 2.27. The van der Waals surface area contributed by atoms with Crippen LogP contribution in [0.5, 0.6) is 0 Å². The number of amides is 1. The molecule has 1 atom stereocenters. The third-order valence-electron chi connectivity index (χ3n) is 2.74. The van der Waals surface area contributed by atoms with Gasteiger partial charge in [-0.05, 0) is 38.6 Å². The van der Waals surface area contributed by atoms with Crippen molar-refractivity contribution in [2.75, 3.05) is 18.9 Å². The van der Waals surface area contributed by atoms with Crippen LogP contribution in [0, 0.1) is 0 Å². The van der Waals surface area contributed by atoms with Crippen molar-refractivity contribution in [3.8, 4) is 0 Å². The van der Waals surface area contributed by atoms with E-state index in [9.17, 15) is 4.79 Å². The Hall–Kier alpha value is -1.42. The number of aromatic nitrogens is 1. The van der Waals surface area contributed by atoms with Crippen LogP contribution in [0.3, 0.4) is 0 Å². The van der Waals surface area contributed by atoms with E-state index in [1.165, 1.54) is 0 Å². The van der Waals surface area contributed by atoms with E-state index in [0.29, 0.717) is 5.82 Å². The third kappa shape index (κ3) is 2.33. The van der Waals surface area contributed by atoms with Crippen LogP contribution < -0.4 is 5.32 Å². The zero-order valence-corrected chi connectivity index (χ0v) is 8.81. The molecule has 0 bridgehead atoms. The molecule has 0 radical (unpaired) electrons. The minimum Gasteiger partial charge on any atom is -0.309 e. The predicted octanol–water partition coefficient (Wildman–Crippen LogP) is 1.11. The van der Waals surface area contributed by atoms with E-state index in [0.717, 1.165) is 19.4 Å². The summed E-state index contributed by atoms with van der Waals surface area (Å²) >= 11 is 0. The molecule has 0 spiro atoms. The molecule has 0 aliphatic carbocycles. The summed E-state index contributed by atoms with van der Waals surface area (Å²) in [5.74, 6) is 0.677. The summed E-state index contributed by atoms with van der Waals surface area (Å²) in [5.41, 5.74) is 0. The number of anilines is 1. The number of nitrogens with one attached hydrogen (secondary N) is 1. The van der Waals surface area contributed by atoms with Gasteiger partial charge in [-0.1, -0.05) is 6.07 Å². The molecule has 1 saturated heterocycles. The van der Waals surface area contributed by atoms with Crippen LogP contribution in [0.1, 0.15) is 12.8 Å². The molecule has 4 nitrogen and oxygen atoms in total. The Morgan fingerprint density at radius 2 is 2.47 bits per heavy atom. The molecule has 4 heteroatoms. The summed E-state index contributed by atoms with van der Waals surface area (Å²) in [7, 11) is 1.98. The second-order valence-corrected chi connectivity index (χ2v) is 3.84. The number of likely N-dealkylation sites (tertiary alicyclic amines) is 1. The smallest absolute Gasteiger partial charge is 0.242 e. The van der Waals surface area contributed by atoms with Gasteiger partial charge in [0.25, 0.3) is 0 Å². The van der Waals surface area contributed by atoms with Crippen LogP contribution >= 0.6 is 0 Å². The van der Waals surface area contributed by atoms with Crippen molar-refractivity contribution >= 4 is 11.7 Å². The monoisotopic (exact) mass is 205 g/mol. The number of pyridine rings is 1. The lowest BCUT2D eigenvalue weighted by molar-refractivity contribution is -0.119. The first-order valence-corrected chi connectivity index (χ1v) is 5.19. The highest BCUT2D eigenvalue weighted by Crippen LogP contribution is 2.16. The van der Waals surface area contributed by atoms with Gasteiger partial charge in [-0.2, -0.15) is 0 Å². The Balaban J connectivity index is 1.98. The van der Waals surface area contributed by atoms with Crippen LogP contribution in [0.25, 0.3) is 0 Å². The van der Waals surface area contributed by atoms with Gasteiger partial charge in [0.1, 0.15) is 5.82 Å². The van der Waals surface area contributed by atoms with Crippen LogP contribution in [0.4, 0.5) is 5.82 Å². The van der Waals surface area contributed by atoms with Gasteiger partial charge >= 0.3 is 0 Å². The molecule has 15 heavy (non-hydrogen) atoms. The van der Waals surface area contributed by atoms with Crippen LogP contribution in [-0.4, -0.2) is 35.4 Å². The summed E-state index contributed by atoms with van der Waals surface area (Å²) in [6.45, 7) is 1.00. The molecule has 1 aliphatic rings. The molecular weight excluding hydrogens is 190 g/mol. The van der Waals surface area contributed by atoms with Crippen molar-refractivity contribution in [3.63, 3.8) is 0 Å². The molecule has 2 rings (SSSR count). The van der Waals surface area contributed by atoms with Gasteiger partial charge in [-0.15, -0.1) is 0 Å². The van der Waals surface area contributed by atoms with Crippen molar-refractivity contribution in [1.82, 2.24) is 9.88 Å². The summed E-state index contributed by atoms with van der Waals surface area (Å²) in [4.78, 5) is 18.0. The van der Waals surface area contributed by atoms with Gasteiger partial charge < -0.3 is 5.32 Å². The lowest BCUT2D eigenvalue weighted by atomic mass is 10.2. The first kappa shape index (κ1) is 10.1. The lowest BCUT2D eigenvalue weighted by Crippen LogP contribution is -2.37. The number of likely N-dealkylation sites (N-methyl/N-ethyl adjacent to an activating group) is 1. The van der Waals surface area contributed by atoms with Gasteiger partial charge in [0.2, 0.25) is 5.91 Å². The van der Waals surface area contributed by atoms with E-state index < -0.39 is 0 Å². The average molecular weight is 205 g/mol. The Labute approximate surface area is 89.3 Å². The molecule has 1 amide bonds. The normalized spacial score (nSPS) is 21.5. The van der Waals surface area contributed by atoms with Gasteiger partial charge in [0.05, 0.1) is 6.04 Å². The number of nitrogens with zero attached hydrogens (tertiary/aromatic N) is 2. The quantitative estimate of drug-likeness (QED) is 0.786. The predicted molar refractivity (Wildman–Crippen MR) is 58.5 cm³/mol. The van der Waals surface area contributed by atoms with E-state index >= 15 is 0 Å². The van der Waals surface area contributed by atoms with Gasteiger partial charge in [0.15, 0.2) is 0 Å². The zero-order chi connectivity index (χ0) is 10.7. The van der Waals surface area contributed by atoms with E-state index in [2.05, 4.69) is 15.2 Å². The van der Waals surface area contributed by atoms with Crippen LogP contribution in [0.15, 0.2) is 24.4 Å². The number of hydrogen-bond donors (Lipinski definition) is 1. The Morgan fingerprint density at radius 1 is 1.60 bits per heavy atom. The standard InChI is InChI=1S/C11H15N3O/c1-14-8-4-5-9(14)11(15)13-10-6-2-3-7-12-10/h2-3,6-7,9H,4-5,8H2,1H3,(H,12,13,15)/t9-/m0/s1. The Morgan fingerprint density at radius 3 is 3.07 bits per heavy atom. The molecule has 0 saturated carbocycles. The summed E-state index contributed by atoms with van der Waals surface area (Å²) in [6.07, 6.45) is 3.71. The molecule has 1 aromatic heterocycles. The number of rotatable bonds is 2. The number of carbonyl (C=O) groups excluding carboxylic acids is 1. The molecular formula is C11H15N3O. The minimum atomic E-state index is 0.00649. The molecule has 1 fully saturated rings. The third-order valence-corrected chi connectivity index (χ3v) is 2.74. The number of carbonyl (C=O) groups is 1.